The summed E-state index contributed by atoms with van der Waals surface area (Å²) in [5.41, 5.74) is 1.99. The fourth-order valence-corrected chi connectivity index (χ4v) is 4.45. The highest BCUT2D eigenvalue weighted by Gasteiger charge is 2.19. The fourth-order valence-electron chi connectivity index (χ4n) is 3.65. The molecule has 0 saturated carbocycles. The Labute approximate surface area is 208 Å². The van der Waals surface area contributed by atoms with Crippen LogP contribution in [0.3, 0.4) is 0 Å². The molecule has 0 spiro atoms. The van der Waals surface area contributed by atoms with Gasteiger partial charge in [-0.2, -0.15) is 0 Å². The molecule has 1 amide bonds. The molecule has 1 N–H and O–H groups in total. The summed E-state index contributed by atoms with van der Waals surface area (Å²) < 4.78 is 7.26. The Morgan fingerprint density at radius 1 is 1.11 bits per heavy atom. The number of aromatic nitrogens is 3. The third kappa shape index (κ3) is 6.30. The molecular formula is C24H30N6O4S. The monoisotopic (exact) mass is 498 g/mol. The molecule has 35 heavy (non-hydrogen) atoms. The molecule has 10 nitrogen and oxygen atoms in total. The molecule has 0 saturated heterocycles. The van der Waals surface area contributed by atoms with Crippen molar-refractivity contribution < 1.29 is 14.5 Å². The number of anilines is 2. The molecule has 0 aliphatic rings. The van der Waals surface area contributed by atoms with Crippen molar-refractivity contribution in [3.05, 3.63) is 52.6 Å². The molecule has 0 fully saturated rings. The number of thioether (sulfide) groups is 1. The highest BCUT2D eigenvalue weighted by atomic mass is 32.2. The highest BCUT2D eigenvalue weighted by Crippen LogP contribution is 2.30. The van der Waals surface area contributed by atoms with E-state index in [2.05, 4.69) is 46.4 Å². The first-order valence-corrected chi connectivity index (χ1v) is 12.5. The number of nitrogens with zero attached hydrogens (tertiary/aromatic N) is 5. The van der Waals surface area contributed by atoms with E-state index in [1.54, 1.807) is 13.0 Å². The second kappa shape index (κ2) is 12.2. The minimum absolute atomic E-state index is 0.0311. The van der Waals surface area contributed by atoms with Gasteiger partial charge in [-0.3, -0.25) is 14.9 Å². The van der Waals surface area contributed by atoms with E-state index in [0.29, 0.717) is 24.1 Å². The van der Waals surface area contributed by atoms with Crippen molar-refractivity contribution in [2.45, 2.75) is 39.4 Å². The van der Waals surface area contributed by atoms with Crippen LogP contribution in [0.5, 0.6) is 5.75 Å². The summed E-state index contributed by atoms with van der Waals surface area (Å²) in [5, 5.41) is 23.3. The number of amides is 1. The number of carbonyl (C=O) groups is 1. The van der Waals surface area contributed by atoms with Crippen molar-refractivity contribution in [2.75, 3.05) is 35.7 Å². The molecule has 0 unspecified atom stereocenters. The minimum Gasteiger partial charge on any atom is -0.494 e. The van der Waals surface area contributed by atoms with E-state index in [0.717, 1.165) is 30.2 Å². The van der Waals surface area contributed by atoms with E-state index in [4.69, 9.17) is 4.74 Å². The van der Waals surface area contributed by atoms with Crippen LogP contribution in [-0.4, -0.2) is 51.0 Å². The van der Waals surface area contributed by atoms with Crippen molar-refractivity contribution >= 4 is 34.7 Å². The van der Waals surface area contributed by atoms with Gasteiger partial charge in [0.2, 0.25) is 5.91 Å². The molecule has 0 radical (unpaired) electrons. The Hall–Kier alpha value is -3.60. The van der Waals surface area contributed by atoms with Crippen molar-refractivity contribution in [1.82, 2.24) is 14.8 Å². The van der Waals surface area contributed by atoms with E-state index < -0.39 is 4.92 Å². The maximum Gasteiger partial charge on any atom is 0.296 e. The first-order chi connectivity index (χ1) is 16.9. The number of nitro groups is 1. The molecule has 186 valence electrons. The Morgan fingerprint density at radius 3 is 2.43 bits per heavy atom. The van der Waals surface area contributed by atoms with Crippen LogP contribution in [0.1, 0.15) is 27.7 Å². The zero-order valence-corrected chi connectivity index (χ0v) is 21.2. The minimum atomic E-state index is -0.545. The number of rotatable bonds is 12. The van der Waals surface area contributed by atoms with Gasteiger partial charge >= 0.3 is 0 Å². The van der Waals surface area contributed by atoms with Crippen molar-refractivity contribution in [2.24, 2.45) is 0 Å². The maximum absolute atomic E-state index is 12.6. The van der Waals surface area contributed by atoms with E-state index in [1.165, 1.54) is 23.9 Å². The standard InChI is InChI=1S/C24H30N6O4S/c1-5-28(6-2)18-11-9-17(10-12-18)23-26-27-24(29(23)7-3)35-16-22(31)25-20-14-13-19(34-8-4)15-21(20)30(32)33/h9-15H,5-8,16H2,1-4H3,(H,25,31). The fraction of sp³-hybridized carbons (Fsp3) is 0.375. The van der Waals surface area contributed by atoms with Gasteiger partial charge in [0.1, 0.15) is 11.4 Å². The molecule has 0 atom stereocenters. The first-order valence-electron chi connectivity index (χ1n) is 11.5. The van der Waals surface area contributed by atoms with E-state index in [-0.39, 0.29) is 23.0 Å². The van der Waals surface area contributed by atoms with Crippen LogP contribution in [0.2, 0.25) is 0 Å². The molecule has 1 heterocycles. The third-order valence-electron chi connectivity index (χ3n) is 5.37. The van der Waals surface area contributed by atoms with E-state index in [1.807, 2.05) is 23.6 Å². The Bertz CT molecular complexity index is 1160. The van der Waals surface area contributed by atoms with Gasteiger partial charge in [-0.1, -0.05) is 11.8 Å². The van der Waals surface area contributed by atoms with Crippen molar-refractivity contribution in [1.29, 1.82) is 0 Å². The van der Waals surface area contributed by atoms with Crippen LogP contribution in [0.15, 0.2) is 47.6 Å². The second-order valence-electron chi connectivity index (χ2n) is 7.48. The van der Waals surface area contributed by atoms with Gasteiger partial charge in [-0.15, -0.1) is 10.2 Å². The van der Waals surface area contributed by atoms with Gasteiger partial charge < -0.3 is 19.5 Å². The summed E-state index contributed by atoms with van der Waals surface area (Å²) in [6, 6.07) is 12.6. The molecule has 3 rings (SSSR count). The number of nitro benzene ring substituents is 1. The van der Waals surface area contributed by atoms with Gasteiger partial charge in [-0.05, 0) is 64.1 Å². The molecule has 0 aliphatic heterocycles. The summed E-state index contributed by atoms with van der Waals surface area (Å²) in [5.74, 6) is 0.755. The lowest BCUT2D eigenvalue weighted by atomic mass is 10.2. The van der Waals surface area contributed by atoms with Gasteiger partial charge in [-0.25, -0.2) is 0 Å². The molecule has 2 aromatic carbocycles. The Balaban J connectivity index is 1.70. The van der Waals surface area contributed by atoms with E-state index in [9.17, 15) is 14.9 Å². The molecule has 11 heteroatoms. The lowest BCUT2D eigenvalue weighted by molar-refractivity contribution is -0.384. The summed E-state index contributed by atoms with van der Waals surface area (Å²) in [6.45, 7) is 10.9. The van der Waals surface area contributed by atoms with Crippen molar-refractivity contribution in [3.63, 3.8) is 0 Å². The predicted octanol–water partition coefficient (Wildman–Crippen LogP) is 4.85. The second-order valence-corrected chi connectivity index (χ2v) is 8.42. The zero-order valence-electron chi connectivity index (χ0n) is 20.4. The zero-order chi connectivity index (χ0) is 25.4. The molecule has 3 aromatic rings. The quantitative estimate of drug-likeness (QED) is 0.214. The number of nitrogens with one attached hydrogen (secondary N) is 1. The molecule has 1 aromatic heterocycles. The van der Waals surface area contributed by atoms with Crippen LogP contribution in [0.25, 0.3) is 11.4 Å². The summed E-state index contributed by atoms with van der Waals surface area (Å²) in [7, 11) is 0. The highest BCUT2D eigenvalue weighted by molar-refractivity contribution is 7.99. The number of hydrogen-bond acceptors (Lipinski definition) is 8. The topological polar surface area (TPSA) is 115 Å². The predicted molar refractivity (Wildman–Crippen MR) is 138 cm³/mol. The molecule has 0 bridgehead atoms. The SMILES string of the molecule is CCOc1ccc(NC(=O)CSc2nnc(-c3ccc(N(CC)CC)cc3)n2CC)c([N+](=O)[O-])c1. The summed E-state index contributed by atoms with van der Waals surface area (Å²) in [6.07, 6.45) is 0. The van der Waals surface area contributed by atoms with Crippen LogP contribution in [0, 0.1) is 10.1 Å². The lowest BCUT2D eigenvalue weighted by Crippen LogP contribution is -2.21. The van der Waals surface area contributed by atoms with Crippen LogP contribution >= 0.6 is 11.8 Å². The van der Waals surface area contributed by atoms with E-state index >= 15 is 0 Å². The molecule has 0 aliphatic carbocycles. The summed E-state index contributed by atoms with van der Waals surface area (Å²) >= 11 is 1.23. The normalized spacial score (nSPS) is 10.7. The van der Waals surface area contributed by atoms with Gasteiger partial charge in [0.05, 0.1) is 23.3 Å². The average Bonchev–Trinajstić information content (AvgIpc) is 3.28. The number of benzene rings is 2. The lowest BCUT2D eigenvalue weighted by Gasteiger charge is -2.21. The van der Waals surface area contributed by atoms with Crippen LogP contribution in [-0.2, 0) is 11.3 Å². The van der Waals surface area contributed by atoms with Gasteiger partial charge in [0.15, 0.2) is 11.0 Å². The van der Waals surface area contributed by atoms with Crippen LogP contribution < -0.4 is 15.0 Å². The smallest absolute Gasteiger partial charge is 0.296 e. The largest absolute Gasteiger partial charge is 0.494 e. The Morgan fingerprint density at radius 2 is 1.83 bits per heavy atom. The van der Waals surface area contributed by atoms with Crippen molar-refractivity contribution in [3.8, 4) is 17.1 Å². The number of hydrogen-bond donors (Lipinski definition) is 1. The van der Waals surface area contributed by atoms with Gasteiger partial charge in [0, 0.05) is 30.9 Å². The van der Waals surface area contributed by atoms with Gasteiger partial charge in [0.25, 0.3) is 5.69 Å². The maximum atomic E-state index is 12.6. The average molecular weight is 499 g/mol. The number of carbonyl (C=O) groups excluding carboxylic acids is 1. The summed E-state index contributed by atoms with van der Waals surface area (Å²) in [4.78, 5) is 25.7. The number of ether oxygens (including phenoxy) is 1. The third-order valence-corrected chi connectivity index (χ3v) is 6.34. The first kappa shape index (κ1) is 26.0. The molecular weight excluding hydrogens is 468 g/mol. The Kier molecular flexibility index (Phi) is 9.07. The van der Waals surface area contributed by atoms with Crippen LogP contribution in [0.4, 0.5) is 17.1 Å².